The molecule has 0 saturated carbocycles. The third kappa shape index (κ3) is 2.90. The number of nitrogens with zero attached hydrogens (tertiary/aromatic N) is 4. The second kappa shape index (κ2) is 6.44. The maximum absolute atomic E-state index is 6.08. The molecule has 2 aromatic heterocycles. The molecule has 20 heavy (non-hydrogen) atoms. The zero-order valence-corrected chi connectivity index (χ0v) is 13.5. The van der Waals surface area contributed by atoms with Crippen LogP contribution in [0.3, 0.4) is 0 Å². The van der Waals surface area contributed by atoms with Crippen molar-refractivity contribution < 1.29 is 0 Å². The summed E-state index contributed by atoms with van der Waals surface area (Å²) in [6.45, 7) is 9.24. The lowest BCUT2D eigenvalue weighted by molar-refractivity contribution is 0.518. The van der Waals surface area contributed by atoms with Gasteiger partial charge < -0.3 is 0 Å². The topological polar surface area (TPSA) is 35.6 Å². The summed E-state index contributed by atoms with van der Waals surface area (Å²) in [5.41, 5.74) is 4.58. The van der Waals surface area contributed by atoms with Gasteiger partial charge in [-0.2, -0.15) is 10.2 Å². The number of rotatable bonds is 6. The molecule has 0 aliphatic rings. The van der Waals surface area contributed by atoms with Crippen LogP contribution in [-0.2, 0) is 25.3 Å². The average molecular weight is 295 g/mol. The van der Waals surface area contributed by atoms with Gasteiger partial charge in [-0.3, -0.25) is 9.36 Å². The average Bonchev–Trinajstić information content (AvgIpc) is 3.02. The highest BCUT2D eigenvalue weighted by Gasteiger charge is 2.15. The predicted molar refractivity (Wildman–Crippen MR) is 82.3 cm³/mol. The van der Waals surface area contributed by atoms with Gasteiger partial charge in [0.25, 0.3) is 0 Å². The maximum Gasteiger partial charge on any atom is 0.0853 e. The minimum Gasteiger partial charge on any atom is -0.270 e. The Morgan fingerprint density at radius 1 is 1.20 bits per heavy atom. The zero-order valence-electron chi connectivity index (χ0n) is 12.7. The first-order chi connectivity index (χ1) is 9.60. The van der Waals surface area contributed by atoms with Gasteiger partial charge in [0.05, 0.1) is 23.8 Å². The molecule has 0 aliphatic heterocycles. The minimum atomic E-state index is 0.386. The van der Waals surface area contributed by atoms with Crippen LogP contribution in [0.1, 0.15) is 56.4 Å². The largest absolute Gasteiger partial charge is 0.270 e. The predicted octanol–water partition coefficient (Wildman–Crippen LogP) is 3.57. The fourth-order valence-electron chi connectivity index (χ4n) is 2.46. The van der Waals surface area contributed by atoms with Crippen LogP contribution < -0.4 is 0 Å². The van der Waals surface area contributed by atoms with Gasteiger partial charge in [-0.1, -0.05) is 13.8 Å². The van der Waals surface area contributed by atoms with Crippen LogP contribution in [0.5, 0.6) is 0 Å². The lowest BCUT2D eigenvalue weighted by atomic mass is 10.1. The summed E-state index contributed by atoms with van der Waals surface area (Å²) < 4.78 is 4.04. The summed E-state index contributed by atoms with van der Waals surface area (Å²) in [5, 5.41) is 9.30. The monoisotopic (exact) mass is 294 g/mol. The van der Waals surface area contributed by atoms with E-state index in [9.17, 15) is 0 Å². The Morgan fingerprint density at radius 2 is 1.95 bits per heavy atom. The molecular formula is C15H23ClN4. The van der Waals surface area contributed by atoms with Crippen molar-refractivity contribution in [2.75, 3.05) is 0 Å². The van der Waals surface area contributed by atoms with E-state index < -0.39 is 0 Å². The smallest absolute Gasteiger partial charge is 0.0853 e. The summed E-state index contributed by atoms with van der Waals surface area (Å²) in [5.74, 6) is 0.535. The Bertz CT molecular complexity index is 568. The molecule has 0 N–H and O–H groups in total. The third-order valence-electron chi connectivity index (χ3n) is 3.56. The van der Waals surface area contributed by atoms with Crippen molar-refractivity contribution >= 4 is 11.6 Å². The summed E-state index contributed by atoms with van der Waals surface area (Å²) in [6.07, 6.45) is 3.89. The van der Waals surface area contributed by atoms with Gasteiger partial charge in [-0.25, -0.2) is 0 Å². The van der Waals surface area contributed by atoms with Crippen LogP contribution in [0, 0.1) is 0 Å². The number of halogens is 1. The van der Waals surface area contributed by atoms with Crippen LogP contribution >= 0.6 is 11.6 Å². The van der Waals surface area contributed by atoms with E-state index >= 15 is 0 Å². The molecule has 5 heteroatoms. The lowest BCUT2D eigenvalue weighted by Crippen LogP contribution is -2.08. The highest BCUT2D eigenvalue weighted by molar-refractivity contribution is 6.17. The Hall–Kier alpha value is -1.29. The fourth-order valence-corrected chi connectivity index (χ4v) is 2.77. The number of hydrogen-bond donors (Lipinski definition) is 0. The molecule has 0 radical (unpaired) electrons. The third-order valence-corrected chi connectivity index (χ3v) is 3.82. The molecule has 0 amide bonds. The Kier molecular flexibility index (Phi) is 4.86. The number of hydrogen-bond acceptors (Lipinski definition) is 2. The SMILES string of the molecule is CCc1nn(Cc2ccn(C(C)C)n2)c(CC)c1CCl. The van der Waals surface area contributed by atoms with Gasteiger partial charge in [-0.05, 0) is 32.8 Å². The van der Waals surface area contributed by atoms with Crippen molar-refractivity contribution in [3.05, 3.63) is 34.9 Å². The summed E-state index contributed by atoms with van der Waals surface area (Å²) in [7, 11) is 0. The van der Waals surface area contributed by atoms with Gasteiger partial charge in [0.15, 0.2) is 0 Å². The van der Waals surface area contributed by atoms with Crippen LogP contribution in [-0.4, -0.2) is 19.6 Å². The lowest BCUT2D eigenvalue weighted by Gasteiger charge is -2.06. The summed E-state index contributed by atoms with van der Waals surface area (Å²) >= 11 is 6.08. The van der Waals surface area contributed by atoms with Crippen LogP contribution in [0.15, 0.2) is 12.3 Å². The number of aryl methyl sites for hydroxylation is 1. The highest BCUT2D eigenvalue weighted by Crippen LogP contribution is 2.19. The molecule has 0 saturated heterocycles. The first-order valence-electron chi connectivity index (χ1n) is 7.28. The normalized spacial score (nSPS) is 11.5. The summed E-state index contributed by atoms with van der Waals surface area (Å²) in [6, 6.07) is 2.45. The molecule has 0 fully saturated rings. The minimum absolute atomic E-state index is 0.386. The molecule has 4 nitrogen and oxygen atoms in total. The Labute approximate surface area is 125 Å². The molecule has 0 bridgehead atoms. The van der Waals surface area contributed by atoms with Crippen molar-refractivity contribution in [3.8, 4) is 0 Å². The quantitative estimate of drug-likeness (QED) is 0.764. The standard InChI is InChI=1S/C15H23ClN4/c1-5-14-13(9-16)15(6-2)20(18-14)10-12-7-8-19(17-12)11(3)4/h7-8,11H,5-6,9-10H2,1-4H3. The van der Waals surface area contributed by atoms with Crippen LogP contribution in [0.4, 0.5) is 0 Å². The van der Waals surface area contributed by atoms with E-state index in [1.807, 2.05) is 10.9 Å². The van der Waals surface area contributed by atoms with Crippen molar-refractivity contribution in [2.45, 2.75) is 59.0 Å². The van der Waals surface area contributed by atoms with Crippen molar-refractivity contribution in [3.63, 3.8) is 0 Å². The second-order valence-electron chi connectivity index (χ2n) is 5.25. The molecular weight excluding hydrogens is 272 g/mol. The zero-order chi connectivity index (χ0) is 14.7. The molecule has 0 unspecified atom stereocenters. The molecule has 110 valence electrons. The second-order valence-corrected chi connectivity index (χ2v) is 5.52. The van der Waals surface area contributed by atoms with Crippen molar-refractivity contribution in [2.24, 2.45) is 0 Å². The van der Waals surface area contributed by atoms with Gasteiger partial charge in [-0.15, -0.1) is 11.6 Å². The molecule has 0 spiro atoms. The molecule has 0 atom stereocenters. The highest BCUT2D eigenvalue weighted by atomic mass is 35.5. The number of alkyl halides is 1. The fraction of sp³-hybridized carbons (Fsp3) is 0.600. The maximum atomic E-state index is 6.08. The van der Waals surface area contributed by atoms with Gasteiger partial charge >= 0.3 is 0 Å². The van der Waals surface area contributed by atoms with E-state index in [0.717, 1.165) is 24.2 Å². The van der Waals surface area contributed by atoms with Crippen molar-refractivity contribution in [1.82, 2.24) is 19.6 Å². The molecule has 0 aliphatic carbocycles. The molecule has 0 aromatic carbocycles. The van der Waals surface area contributed by atoms with Crippen LogP contribution in [0.25, 0.3) is 0 Å². The van der Waals surface area contributed by atoms with E-state index in [4.69, 9.17) is 16.7 Å². The van der Waals surface area contributed by atoms with E-state index in [0.29, 0.717) is 18.5 Å². The summed E-state index contributed by atoms with van der Waals surface area (Å²) in [4.78, 5) is 0. The van der Waals surface area contributed by atoms with Gasteiger partial charge in [0.2, 0.25) is 0 Å². The first kappa shape index (κ1) is 15.1. The molecule has 2 heterocycles. The van der Waals surface area contributed by atoms with E-state index in [1.54, 1.807) is 0 Å². The Morgan fingerprint density at radius 3 is 2.45 bits per heavy atom. The first-order valence-corrected chi connectivity index (χ1v) is 7.81. The van der Waals surface area contributed by atoms with Gasteiger partial charge in [0.1, 0.15) is 0 Å². The van der Waals surface area contributed by atoms with Gasteiger partial charge in [0, 0.05) is 23.5 Å². The van der Waals surface area contributed by atoms with Crippen LogP contribution in [0.2, 0.25) is 0 Å². The number of aromatic nitrogens is 4. The van der Waals surface area contributed by atoms with E-state index in [2.05, 4.69) is 43.5 Å². The van der Waals surface area contributed by atoms with E-state index in [1.165, 1.54) is 11.3 Å². The Balaban J connectivity index is 2.30. The molecule has 2 rings (SSSR count). The van der Waals surface area contributed by atoms with E-state index in [-0.39, 0.29) is 0 Å². The van der Waals surface area contributed by atoms with Crippen molar-refractivity contribution in [1.29, 1.82) is 0 Å². The molecule has 2 aromatic rings.